The fourth-order valence-electron chi connectivity index (χ4n) is 1.93. The van der Waals surface area contributed by atoms with Crippen LogP contribution in [0, 0.1) is 6.92 Å². The summed E-state index contributed by atoms with van der Waals surface area (Å²) in [5.41, 5.74) is 0.762. The van der Waals surface area contributed by atoms with Gasteiger partial charge in [0.2, 0.25) is 0 Å². The van der Waals surface area contributed by atoms with Crippen molar-refractivity contribution < 1.29 is 21.9 Å². The molecule has 1 aromatic heterocycles. The van der Waals surface area contributed by atoms with E-state index in [9.17, 15) is 17.2 Å². The summed E-state index contributed by atoms with van der Waals surface area (Å²) < 4.78 is 56.8. The summed E-state index contributed by atoms with van der Waals surface area (Å²) in [5.74, 6) is -0.0482. The lowest BCUT2D eigenvalue weighted by Crippen LogP contribution is -2.14. The minimum Gasteiger partial charge on any atom is -0.435 e. The Bertz CT molecular complexity index is 742. The molecule has 0 spiro atoms. The van der Waals surface area contributed by atoms with Crippen LogP contribution in [-0.4, -0.2) is 24.8 Å². The minimum absolute atomic E-state index is 0.0482. The first-order valence-electron chi connectivity index (χ1n) is 6.43. The van der Waals surface area contributed by atoms with E-state index in [1.807, 2.05) is 6.92 Å². The van der Waals surface area contributed by atoms with Gasteiger partial charge < -0.3 is 4.74 Å². The lowest BCUT2D eigenvalue weighted by Gasteiger charge is -2.09. The molecule has 1 heterocycles. The molecule has 9 heteroatoms. The normalized spacial score (nSPS) is 11.7. The van der Waals surface area contributed by atoms with Crippen molar-refractivity contribution in [2.45, 2.75) is 31.9 Å². The molecule has 0 saturated carbocycles. The predicted octanol–water partition coefficient (Wildman–Crippen LogP) is 2.61. The molecule has 22 heavy (non-hydrogen) atoms. The van der Waals surface area contributed by atoms with E-state index < -0.39 is 16.6 Å². The summed E-state index contributed by atoms with van der Waals surface area (Å²) in [4.78, 5) is 0.0715. The van der Waals surface area contributed by atoms with Crippen molar-refractivity contribution in [1.82, 2.24) is 9.78 Å². The number of nitrogens with one attached hydrogen (secondary N) is 1. The summed E-state index contributed by atoms with van der Waals surface area (Å²) >= 11 is 0. The number of benzene rings is 1. The number of hydrogen-bond donors (Lipinski definition) is 1. The maximum Gasteiger partial charge on any atom is 0.387 e. The smallest absolute Gasteiger partial charge is 0.387 e. The molecule has 1 N–H and O–H groups in total. The molecule has 0 atom stereocenters. The van der Waals surface area contributed by atoms with Gasteiger partial charge >= 0.3 is 6.61 Å². The quantitative estimate of drug-likeness (QED) is 0.883. The second-order valence-electron chi connectivity index (χ2n) is 4.42. The average molecular weight is 331 g/mol. The molecular weight excluding hydrogens is 316 g/mol. The van der Waals surface area contributed by atoms with Gasteiger partial charge in [-0.1, -0.05) is 0 Å². The molecule has 0 saturated heterocycles. The highest BCUT2D eigenvalue weighted by Crippen LogP contribution is 2.22. The van der Waals surface area contributed by atoms with Crippen molar-refractivity contribution in [3.8, 4) is 5.75 Å². The van der Waals surface area contributed by atoms with Crippen LogP contribution in [0.3, 0.4) is 0 Å². The van der Waals surface area contributed by atoms with Crippen LogP contribution in [-0.2, 0) is 16.6 Å². The zero-order valence-corrected chi connectivity index (χ0v) is 12.8. The van der Waals surface area contributed by atoms with Crippen LogP contribution < -0.4 is 9.46 Å². The second kappa shape index (κ2) is 6.30. The van der Waals surface area contributed by atoms with Gasteiger partial charge in [0.25, 0.3) is 10.0 Å². The third kappa shape index (κ3) is 3.53. The van der Waals surface area contributed by atoms with Gasteiger partial charge in [-0.15, -0.1) is 0 Å². The molecule has 1 aromatic carbocycles. The van der Waals surface area contributed by atoms with Gasteiger partial charge in [0.05, 0.1) is 11.9 Å². The molecular formula is C13H15F2N3O3S. The molecule has 2 aromatic rings. The molecule has 0 aliphatic heterocycles. The fourth-order valence-corrected chi connectivity index (χ4v) is 3.16. The molecule has 0 fully saturated rings. The van der Waals surface area contributed by atoms with Gasteiger partial charge in [0, 0.05) is 12.2 Å². The Labute approximate surface area is 126 Å². The molecule has 0 radical (unpaired) electrons. The second-order valence-corrected chi connectivity index (χ2v) is 6.07. The zero-order chi connectivity index (χ0) is 16.3. The fraction of sp³-hybridized carbons (Fsp3) is 0.308. The SMILES string of the molecule is CCn1ncc(S(=O)(=O)Nc2ccc(OC(F)F)cc2)c1C. The lowest BCUT2D eigenvalue weighted by atomic mass is 10.3. The Hall–Kier alpha value is -2.16. The number of hydrogen-bond acceptors (Lipinski definition) is 4. The van der Waals surface area contributed by atoms with Crippen molar-refractivity contribution in [3.05, 3.63) is 36.2 Å². The molecule has 0 aliphatic rings. The van der Waals surface area contributed by atoms with Crippen LogP contribution in [0.1, 0.15) is 12.6 Å². The van der Waals surface area contributed by atoms with Gasteiger partial charge in [-0.2, -0.15) is 13.9 Å². The summed E-state index contributed by atoms with van der Waals surface area (Å²) in [7, 11) is -3.79. The maximum atomic E-state index is 12.3. The highest BCUT2D eigenvalue weighted by Gasteiger charge is 2.20. The van der Waals surface area contributed by atoms with Crippen LogP contribution in [0.25, 0.3) is 0 Å². The van der Waals surface area contributed by atoms with E-state index in [-0.39, 0.29) is 16.3 Å². The molecule has 0 unspecified atom stereocenters. The first-order valence-corrected chi connectivity index (χ1v) is 7.92. The van der Waals surface area contributed by atoms with Crippen molar-refractivity contribution in [3.63, 3.8) is 0 Å². The van der Waals surface area contributed by atoms with E-state index in [1.54, 1.807) is 11.6 Å². The Kier molecular flexibility index (Phi) is 4.65. The van der Waals surface area contributed by atoms with E-state index in [0.717, 1.165) is 0 Å². The van der Waals surface area contributed by atoms with Crippen LogP contribution in [0.5, 0.6) is 5.75 Å². The van der Waals surface area contributed by atoms with Crippen molar-refractivity contribution in [2.75, 3.05) is 4.72 Å². The van der Waals surface area contributed by atoms with E-state index >= 15 is 0 Å². The number of alkyl halides is 2. The third-order valence-corrected chi connectivity index (χ3v) is 4.46. The summed E-state index contributed by atoms with van der Waals surface area (Å²) in [6, 6.07) is 5.20. The number of aromatic nitrogens is 2. The number of rotatable bonds is 6. The number of halogens is 2. The zero-order valence-electron chi connectivity index (χ0n) is 12.0. The Morgan fingerprint density at radius 1 is 1.32 bits per heavy atom. The van der Waals surface area contributed by atoms with Crippen LogP contribution in [0.15, 0.2) is 35.4 Å². The molecule has 0 aliphatic carbocycles. The van der Waals surface area contributed by atoms with Crippen molar-refractivity contribution in [2.24, 2.45) is 0 Å². The van der Waals surface area contributed by atoms with Gasteiger partial charge in [-0.3, -0.25) is 9.40 Å². The van der Waals surface area contributed by atoms with E-state index in [2.05, 4.69) is 14.6 Å². The Morgan fingerprint density at radius 3 is 2.45 bits per heavy atom. The standard InChI is InChI=1S/C13H15F2N3O3S/c1-3-18-9(2)12(8-16-18)22(19,20)17-10-4-6-11(7-5-10)21-13(14)15/h4-8,13,17H,3H2,1-2H3. The molecule has 0 bridgehead atoms. The van der Waals surface area contributed by atoms with Gasteiger partial charge in [0.1, 0.15) is 10.6 Å². The third-order valence-electron chi connectivity index (χ3n) is 2.98. The number of aryl methyl sites for hydroxylation is 1. The number of nitrogens with zero attached hydrogens (tertiary/aromatic N) is 2. The first-order chi connectivity index (χ1) is 10.3. The van der Waals surface area contributed by atoms with Gasteiger partial charge in [0.15, 0.2) is 0 Å². The minimum atomic E-state index is -3.79. The predicted molar refractivity (Wildman–Crippen MR) is 76.5 cm³/mol. The highest BCUT2D eigenvalue weighted by molar-refractivity contribution is 7.92. The van der Waals surface area contributed by atoms with Crippen LogP contribution in [0.4, 0.5) is 14.5 Å². The summed E-state index contributed by atoms with van der Waals surface area (Å²) in [6.07, 6.45) is 1.27. The van der Waals surface area contributed by atoms with E-state index in [1.165, 1.54) is 30.5 Å². The number of anilines is 1. The largest absolute Gasteiger partial charge is 0.435 e. The highest BCUT2D eigenvalue weighted by atomic mass is 32.2. The maximum absolute atomic E-state index is 12.3. The average Bonchev–Trinajstić information content (AvgIpc) is 2.82. The Morgan fingerprint density at radius 2 is 1.95 bits per heavy atom. The summed E-state index contributed by atoms with van der Waals surface area (Å²) in [6.45, 7) is 1.14. The van der Waals surface area contributed by atoms with Crippen molar-refractivity contribution in [1.29, 1.82) is 0 Å². The number of sulfonamides is 1. The van der Waals surface area contributed by atoms with Crippen molar-refractivity contribution >= 4 is 15.7 Å². The number of ether oxygens (including phenoxy) is 1. The topological polar surface area (TPSA) is 73.2 Å². The molecule has 6 nitrogen and oxygen atoms in total. The van der Waals surface area contributed by atoms with Crippen LogP contribution >= 0.6 is 0 Å². The Balaban J connectivity index is 2.19. The summed E-state index contributed by atoms with van der Waals surface area (Å²) in [5, 5.41) is 3.98. The first kappa shape index (κ1) is 16.2. The lowest BCUT2D eigenvalue weighted by molar-refractivity contribution is -0.0498. The van der Waals surface area contributed by atoms with Gasteiger partial charge in [-0.25, -0.2) is 8.42 Å². The van der Waals surface area contributed by atoms with E-state index in [4.69, 9.17) is 0 Å². The van der Waals surface area contributed by atoms with Gasteiger partial charge in [-0.05, 0) is 38.1 Å². The van der Waals surface area contributed by atoms with Crippen LogP contribution in [0.2, 0.25) is 0 Å². The molecule has 120 valence electrons. The monoisotopic (exact) mass is 331 g/mol. The van der Waals surface area contributed by atoms with E-state index in [0.29, 0.717) is 12.2 Å². The molecule has 0 amide bonds. The molecule has 2 rings (SSSR count).